The van der Waals surface area contributed by atoms with Gasteiger partial charge in [-0.2, -0.15) is 5.10 Å². The molecule has 0 atom stereocenters. The van der Waals surface area contributed by atoms with Gasteiger partial charge in [-0.05, 0) is 42.0 Å². The second-order valence-electron chi connectivity index (χ2n) is 6.01. The van der Waals surface area contributed by atoms with Crippen LogP contribution in [0.4, 0.5) is 0 Å². The van der Waals surface area contributed by atoms with Crippen molar-refractivity contribution >= 4 is 0 Å². The van der Waals surface area contributed by atoms with E-state index in [0.29, 0.717) is 28.7 Å². The van der Waals surface area contributed by atoms with Crippen LogP contribution in [0.25, 0.3) is 11.3 Å². The average molecular weight is 382 g/mol. The van der Waals surface area contributed by atoms with Crippen molar-refractivity contribution in [3.05, 3.63) is 64.4 Å². The van der Waals surface area contributed by atoms with E-state index in [1.807, 2.05) is 24.3 Å². The molecule has 1 heterocycles. The zero-order valence-corrected chi connectivity index (χ0v) is 16.3. The Labute approximate surface area is 163 Å². The fourth-order valence-corrected chi connectivity index (χ4v) is 2.84. The Bertz CT molecular complexity index is 1010. The van der Waals surface area contributed by atoms with Gasteiger partial charge in [-0.25, -0.2) is 4.68 Å². The molecular formula is C21H22N2O5. The molecule has 0 saturated heterocycles. The van der Waals surface area contributed by atoms with Gasteiger partial charge in [0.2, 0.25) is 0 Å². The van der Waals surface area contributed by atoms with Crippen molar-refractivity contribution in [2.75, 3.05) is 28.4 Å². The van der Waals surface area contributed by atoms with E-state index >= 15 is 0 Å². The minimum atomic E-state index is -0.203. The van der Waals surface area contributed by atoms with Crippen LogP contribution in [0, 0.1) is 0 Å². The van der Waals surface area contributed by atoms with Crippen molar-refractivity contribution in [3.63, 3.8) is 0 Å². The zero-order valence-electron chi connectivity index (χ0n) is 16.3. The van der Waals surface area contributed by atoms with Crippen LogP contribution in [0.15, 0.2) is 53.3 Å². The van der Waals surface area contributed by atoms with E-state index in [9.17, 15) is 4.79 Å². The Morgan fingerprint density at radius 3 is 2.07 bits per heavy atom. The molecule has 0 spiro atoms. The molecule has 0 radical (unpaired) electrons. The van der Waals surface area contributed by atoms with E-state index in [1.54, 1.807) is 46.6 Å². The summed E-state index contributed by atoms with van der Waals surface area (Å²) in [5.41, 5.74) is 2.10. The van der Waals surface area contributed by atoms with Gasteiger partial charge in [0.25, 0.3) is 5.56 Å². The van der Waals surface area contributed by atoms with E-state index in [0.717, 1.165) is 11.1 Å². The van der Waals surface area contributed by atoms with Crippen LogP contribution in [0.2, 0.25) is 0 Å². The molecule has 0 fully saturated rings. The largest absolute Gasteiger partial charge is 0.497 e. The molecule has 0 aliphatic carbocycles. The molecule has 0 saturated carbocycles. The first-order valence-electron chi connectivity index (χ1n) is 8.60. The number of hydrogen-bond acceptors (Lipinski definition) is 6. The average Bonchev–Trinajstić information content (AvgIpc) is 2.74. The van der Waals surface area contributed by atoms with Gasteiger partial charge in [-0.15, -0.1) is 0 Å². The van der Waals surface area contributed by atoms with Crippen molar-refractivity contribution in [3.8, 4) is 34.3 Å². The Balaban J connectivity index is 1.98. The fourth-order valence-electron chi connectivity index (χ4n) is 2.84. The lowest BCUT2D eigenvalue weighted by Gasteiger charge is -2.12. The fraction of sp³-hybridized carbons (Fsp3) is 0.238. The lowest BCUT2D eigenvalue weighted by molar-refractivity contribution is 0.355. The third kappa shape index (κ3) is 4.09. The molecule has 1 aromatic heterocycles. The maximum atomic E-state index is 12.3. The van der Waals surface area contributed by atoms with E-state index in [-0.39, 0.29) is 12.1 Å². The number of ether oxygens (including phenoxy) is 4. The predicted molar refractivity (Wildman–Crippen MR) is 106 cm³/mol. The minimum absolute atomic E-state index is 0.203. The summed E-state index contributed by atoms with van der Waals surface area (Å²) in [6, 6.07) is 14.2. The van der Waals surface area contributed by atoms with Gasteiger partial charge in [0.1, 0.15) is 11.5 Å². The van der Waals surface area contributed by atoms with Crippen LogP contribution in [-0.2, 0) is 6.54 Å². The van der Waals surface area contributed by atoms with Crippen LogP contribution >= 0.6 is 0 Å². The predicted octanol–water partition coefficient (Wildman–Crippen LogP) is 2.99. The molecule has 3 aromatic rings. The number of aromatic nitrogens is 2. The standard InChI is InChI=1S/C21H22N2O5/c1-25-16-9-14(10-17(12-16)26-2)13-23-21(24)8-6-18(22-23)15-5-7-19(27-3)20(11-15)28-4/h5-12H,13H2,1-4H3. The molecule has 146 valence electrons. The number of rotatable bonds is 7. The third-order valence-electron chi connectivity index (χ3n) is 4.29. The van der Waals surface area contributed by atoms with Gasteiger partial charge in [-0.1, -0.05) is 0 Å². The second-order valence-corrected chi connectivity index (χ2v) is 6.01. The molecule has 0 unspecified atom stereocenters. The number of methoxy groups -OCH3 is 4. The summed E-state index contributed by atoms with van der Waals surface area (Å²) >= 11 is 0. The highest BCUT2D eigenvalue weighted by molar-refractivity contribution is 5.63. The van der Waals surface area contributed by atoms with Crippen LogP contribution in [0.1, 0.15) is 5.56 Å². The molecule has 7 nitrogen and oxygen atoms in total. The molecule has 7 heteroatoms. The van der Waals surface area contributed by atoms with Gasteiger partial charge in [0.05, 0.1) is 40.7 Å². The quantitative estimate of drug-likeness (QED) is 0.626. The van der Waals surface area contributed by atoms with Crippen LogP contribution < -0.4 is 24.5 Å². The van der Waals surface area contributed by atoms with Crippen molar-refractivity contribution in [2.45, 2.75) is 6.54 Å². The molecule has 28 heavy (non-hydrogen) atoms. The Kier molecular flexibility index (Phi) is 5.84. The molecule has 0 bridgehead atoms. The van der Waals surface area contributed by atoms with Crippen molar-refractivity contribution in [1.82, 2.24) is 9.78 Å². The van der Waals surface area contributed by atoms with Gasteiger partial charge in [0.15, 0.2) is 11.5 Å². The normalized spacial score (nSPS) is 10.4. The molecule has 0 N–H and O–H groups in total. The SMILES string of the molecule is COc1cc(Cn2nc(-c3ccc(OC)c(OC)c3)ccc2=O)cc(OC)c1. The Hall–Kier alpha value is -3.48. The first-order valence-corrected chi connectivity index (χ1v) is 8.60. The summed E-state index contributed by atoms with van der Waals surface area (Å²) in [6.07, 6.45) is 0. The molecular weight excluding hydrogens is 360 g/mol. The third-order valence-corrected chi connectivity index (χ3v) is 4.29. The van der Waals surface area contributed by atoms with Crippen molar-refractivity contribution < 1.29 is 18.9 Å². The molecule has 0 amide bonds. The van der Waals surface area contributed by atoms with E-state index in [4.69, 9.17) is 18.9 Å². The van der Waals surface area contributed by atoms with Crippen molar-refractivity contribution in [1.29, 1.82) is 0 Å². The monoisotopic (exact) mass is 382 g/mol. The van der Waals surface area contributed by atoms with Gasteiger partial charge >= 0.3 is 0 Å². The number of benzene rings is 2. The lowest BCUT2D eigenvalue weighted by atomic mass is 10.1. The first kappa shape index (κ1) is 19.3. The molecule has 3 rings (SSSR count). The topological polar surface area (TPSA) is 71.8 Å². The molecule has 2 aromatic carbocycles. The Morgan fingerprint density at radius 1 is 0.786 bits per heavy atom. The number of nitrogens with zero attached hydrogens (tertiary/aromatic N) is 2. The highest BCUT2D eigenvalue weighted by atomic mass is 16.5. The van der Waals surface area contributed by atoms with Crippen molar-refractivity contribution in [2.24, 2.45) is 0 Å². The maximum Gasteiger partial charge on any atom is 0.267 e. The minimum Gasteiger partial charge on any atom is -0.497 e. The second kappa shape index (κ2) is 8.47. The smallest absolute Gasteiger partial charge is 0.267 e. The highest BCUT2D eigenvalue weighted by Gasteiger charge is 2.10. The molecule has 0 aliphatic heterocycles. The van der Waals surface area contributed by atoms with E-state index < -0.39 is 0 Å². The van der Waals surface area contributed by atoms with Crippen LogP contribution in [0.3, 0.4) is 0 Å². The Morgan fingerprint density at radius 2 is 1.46 bits per heavy atom. The van der Waals surface area contributed by atoms with E-state index in [2.05, 4.69) is 5.10 Å². The summed E-state index contributed by atoms with van der Waals surface area (Å²) < 4.78 is 22.6. The summed E-state index contributed by atoms with van der Waals surface area (Å²) in [5.74, 6) is 2.53. The zero-order chi connectivity index (χ0) is 20.1. The maximum absolute atomic E-state index is 12.3. The highest BCUT2D eigenvalue weighted by Crippen LogP contribution is 2.31. The van der Waals surface area contributed by atoms with E-state index in [1.165, 1.54) is 10.7 Å². The summed E-state index contributed by atoms with van der Waals surface area (Å²) in [4.78, 5) is 12.3. The lowest BCUT2D eigenvalue weighted by Crippen LogP contribution is -2.22. The summed E-state index contributed by atoms with van der Waals surface area (Å²) in [7, 11) is 6.33. The van der Waals surface area contributed by atoms with Gasteiger partial charge in [-0.3, -0.25) is 4.79 Å². The van der Waals surface area contributed by atoms with Gasteiger partial charge < -0.3 is 18.9 Å². The summed E-state index contributed by atoms with van der Waals surface area (Å²) in [6.45, 7) is 0.285. The summed E-state index contributed by atoms with van der Waals surface area (Å²) in [5, 5.41) is 4.51. The molecule has 0 aliphatic rings. The number of hydrogen-bond donors (Lipinski definition) is 0. The first-order chi connectivity index (χ1) is 13.6. The van der Waals surface area contributed by atoms with Crippen LogP contribution in [0.5, 0.6) is 23.0 Å². The van der Waals surface area contributed by atoms with Gasteiger partial charge in [0, 0.05) is 17.7 Å². The van der Waals surface area contributed by atoms with Crippen LogP contribution in [-0.4, -0.2) is 38.2 Å².